The van der Waals surface area contributed by atoms with Gasteiger partial charge in [0.1, 0.15) is 12.2 Å². The van der Waals surface area contributed by atoms with Gasteiger partial charge in [0.2, 0.25) is 11.8 Å². The summed E-state index contributed by atoms with van der Waals surface area (Å²) in [5.41, 5.74) is 0.817. The Labute approximate surface area is 116 Å². The molecule has 1 fully saturated rings. The van der Waals surface area contributed by atoms with Gasteiger partial charge in [-0.2, -0.15) is 5.26 Å². The number of carbonyl (C=O) groups is 2. The third kappa shape index (κ3) is 3.56. The summed E-state index contributed by atoms with van der Waals surface area (Å²) < 4.78 is 5.22. The fourth-order valence-corrected chi connectivity index (χ4v) is 1.95. The van der Waals surface area contributed by atoms with Gasteiger partial charge in [0.05, 0.1) is 17.8 Å². The van der Waals surface area contributed by atoms with Gasteiger partial charge in [0.15, 0.2) is 0 Å². The van der Waals surface area contributed by atoms with E-state index in [1.165, 1.54) is 0 Å². The van der Waals surface area contributed by atoms with Gasteiger partial charge in [0.25, 0.3) is 0 Å². The van der Waals surface area contributed by atoms with Gasteiger partial charge in [-0.3, -0.25) is 9.59 Å². The zero-order valence-corrected chi connectivity index (χ0v) is 10.9. The molecule has 20 heavy (non-hydrogen) atoms. The summed E-state index contributed by atoms with van der Waals surface area (Å²) in [4.78, 5) is 23.4. The van der Waals surface area contributed by atoms with Crippen LogP contribution in [0.25, 0.3) is 0 Å². The van der Waals surface area contributed by atoms with Crippen LogP contribution in [0, 0.1) is 11.3 Å². The number of amides is 2. The third-order valence-electron chi connectivity index (χ3n) is 2.97. The Morgan fingerprint density at radius 3 is 2.90 bits per heavy atom. The highest BCUT2D eigenvalue weighted by atomic mass is 16.5. The average Bonchev–Trinajstić information content (AvgIpc) is 2.99. The molecule has 104 valence electrons. The second kappa shape index (κ2) is 6.68. The van der Waals surface area contributed by atoms with Crippen molar-refractivity contribution in [3.8, 4) is 6.07 Å². The van der Waals surface area contributed by atoms with Gasteiger partial charge in [-0.15, -0.1) is 0 Å². The smallest absolute Gasteiger partial charge is 0.249 e. The Morgan fingerprint density at radius 2 is 2.20 bits per heavy atom. The molecule has 1 aliphatic rings. The van der Waals surface area contributed by atoms with Crippen LogP contribution in [0.1, 0.15) is 18.4 Å². The molecule has 1 aliphatic heterocycles. The molecule has 0 spiro atoms. The van der Waals surface area contributed by atoms with E-state index in [0.29, 0.717) is 24.3 Å². The van der Waals surface area contributed by atoms with Crippen molar-refractivity contribution in [3.63, 3.8) is 0 Å². The van der Waals surface area contributed by atoms with Gasteiger partial charge >= 0.3 is 0 Å². The molecule has 1 aromatic rings. The summed E-state index contributed by atoms with van der Waals surface area (Å²) in [5.74, 6) is -0.648. The maximum atomic E-state index is 11.7. The molecule has 0 aliphatic carbocycles. The number of hydrogen-bond donors (Lipinski definition) is 2. The van der Waals surface area contributed by atoms with Crippen LogP contribution < -0.4 is 10.6 Å². The SMILES string of the molecule is N#Cc1ccccc1NC(=O)CNC(=O)C1CCCO1. The number of ether oxygens (including phenoxy) is 1. The van der Waals surface area contributed by atoms with E-state index >= 15 is 0 Å². The number of rotatable bonds is 4. The van der Waals surface area contributed by atoms with Gasteiger partial charge in [-0.25, -0.2) is 0 Å². The lowest BCUT2D eigenvalue weighted by Crippen LogP contribution is -2.39. The standard InChI is InChI=1S/C14H15N3O3/c15-8-10-4-1-2-5-11(10)17-13(18)9-16-14(19)12-6-3-7-20-12/h1-2,4-5,12H,3,6-7,9H2,(H,16,19)(H,17,18). The van der Waals surface area contributed by atoms with Gasteiger partial charge in [0, 0.05) is 6.61 Å². The highest BCUT2D eigenvalue weighted by molar-refractivity contribution is 5.96. The minimum atomic E-state index is -0.450. The average molecular weight is 273 g/mol. The lowest BCUT2D eigenvalue weighted by Gasteiger charge is -2.11. The molecule has 1 heterocycles. The van der Waals surface area contributed by atoms with E-state index in [9.17, 15) is 9.59 Å². The molecule has 6 nitrogen and oxygen atoms in total. The molecule has 1 aromatic carbocycles. The third-order valence-corrected chi connectivity index (χ3v) is 2.97. The first-order valence-electron chi connectivity index (χ1n) is 6.39. The molecule has 0 bridgehead atoms. The number of hydrogen-bond acceptors (Lipinski definition) is 4. The highest BCUT2D eigenvalue weighted by Crippen LogP contribution is 2.13. The van der Waals surface area contributed by atoms with Crippen LogP contribution in [0.2, 0.25) is 0 Å². The van der Waals surface area contributed by atoms with Gasteiger partial charge in [-0.05, 0) is 25.0 Å². The molecule has 2 amide bonds. The summed E-state index contributed by atoms with van der Waals surface area (Å²) in [7, 11) is 0. The van der Waals surface area contributed by atoms with Crippen LogP contribution >= 0.6 is 0 Å². The zero-order chi connectivity index (χ0) is 14.4. The largest absolute Gasteiger partial charge is 0.368 e. The number of carbonyl (C=O) groups excluding carboxylic acids is 2. The summed E-state index contributed by atoms with van der Waals surface area (Å²) >= 11 is 0. The fourth-order valence-electron chi connectivity index (χ4n) is 1.95. The van der Waals surface area contributed by atoms with E-state index < -0.39 is 6.10 Å². The molecule has 1 saturated heterocycles. The number of nitrogens with one attached hydrogen (secondary N) is 2. The molecular formula is C14H15N3O3. The van der Waals surface area contributed by atoms with Crippen molar-refractivity contribution in [1.82, 2.24) is 5.32 Å². The molecule has 2 N–H and O–H groups in total. The second-order valence-corrected chi connectivity index (χ2v) is 4.43. The quantitative estimate of drug-likeness (QED) is 0.848. The van der Waals surface area contributed by atoms with Gasteiger partial charge < -0.3 is 15.4 Å². The number of para-hydroxylation sites is 1. The van der Waals surface area contributed by atoms with Crippen LogP contribution in [0.3, 0.4) is 0 Å². The summed E-state index contributed by atoms with van der Waals surface area (Å²) in [5, 5.41) is 14.0. The first-order valence-corrected chi connectivity index (χ1v) is 6.39. The highest BCUT2D eigenvalue weighted by Gasteiger charge is 2.23. The first kappa shape index (κ1) is 14.0. The Bertz CT molecular complexity index is 545. The Kier molecular flexibility index (Phi) is 4.69. The minimum Gasteiger partial charge on any atom is -0.368 e. The number of nitriles is 1. The van der Waals surface area contributed by atoms with Crippen molar-refractivity contribution in [3.05, 3.63) is 29.8 Å². The predicted octanol–water partition coefficient (Wildman–Crippen LogP) is 0.792. The summed E-state index contributed by atoms with van der Waals surface area (Å²) in [6.45, 7) is 0.443. The van der Waals surface area contributed by atoms with E-state index in [0.717, 1.165) is 6.42 Å². The fraction of sp³-hybridized carbons (Fsp3) is 0.357. The number of benzene rings is 1. The van der Waals surface area contributed by atoms with E-state index in [1.54, 1.807) is 24.3 Å². The van der Waals surface area contributed by atoms with Crippen LogP contribution in [0.4, 0.5) is 5.69 Å². The lowest BCUT2D eigenvalue weighted by molar-refractivity contribution is -0.131. The zero-order valence-electron chi connectivity index (χ0n) is 10.9. The van der Waals surface area contributed by atoms with Crippen molar-refractivity contribution in [1.29, 1.82) is 5.26 Å². The van der Waals surface area contributed by atoms with Crippen molar-refractivity contribution < 1.29 is 14.3 Å². The van der Waals surface area contributed by atoms with Crippen molar-refractivity contribution in [2.75, 3.05) is 18.5 Å². The van der Waals surface area contributed by atoms with Crippen molar-refractivity contribution >= 4 is 17.5 Å². The van der Waals surface area contributed by atoms with Crippen LogP contribution in [0.15, 0.2) is 24.3 Å². The van der Waals surface area contributed by atoms with E-state index in [4.69, 9.17) is 10.00 Å². The second-order valence-electron chi connectivity index (χ2n) is 4.43. The topological polar surface area (TPSA) is 91.2 Å². The number of nitrogens with zero attached hydrogens (tertiary/aromatic N) is 1. The molecule has 1 unspecified atom stereocenters. The maximum Gasteiger partial charge on any atom is 0.249 e. The molecule has 0 aromatic heterocycles. The van der Waals surface area contributed by atoms with Crippen molar-refractivity contribution in [2.45, 2.75) is 18.9 Å². The monoisotopic (exact) mass is 273 g/mol. The molecular weight excluding hydrogens is 258 g/mol. The van der Waals surface area contributed by atoms with E-state index in [1.807, 2.05) is 6.07 Å². The Balaban J connectivity index is 1.83. The van der Waals surface area contributed by atoms with E-state index in [-0.39, 0.29) is 18.4 Å². The summed E-state index contributed by atoms with van der Waals surface area (Å²) in [6.07, 6.45) is 1.10. The van der Waals surface area contributed by atoms with Gasteiger partial charge in [-0.1, -0.05) is 12.1 Å². The molecule has 0 radical (unpaired) electrons. The maximum absolute atomic E-state index is 11.7. The normalized spacial score (nSPS) is 17.2. The van der Waals surface area contributed by atoms with Crippen LogP contribution in [-0.4, -0.2) is 31.1 Å². The van der Waals surface area contributed by atoms with Crippen LogP contribution in [-0.2, 0) is 14.3 Å². The number of anilines is 1. The summed E-state index contributed by atoms with van der Waals surface area (Å²) in [6, 6.07) is 8.68. The molecule has 0 saturated carbocycles. The molecule has 2 rings (SSSR count). The molecule has 1 atom stereocenters. The van der Waals surface area contributed by atoms with Crippen molar-refractivity contribution in [2.24, 2.45) is 0 Å². The Morgan fingerprint density at radius 1 is 1.40 bits per heavy atom. The predicted molar refractivity (Wildman–Crippen MR) is 71.8 cm³/mol. The van der Waals surface area contributed by atoms with E-state index in [2.05, 4.69) is 10.6 Å². The van der Waals surface area contributed by atoms with Crippen LogP contribution in [0.5, 0.6) is 0 Å². The minimum absolute atomic E-state index is 0.140. The molecule has 6 heteroatoms. The lowest BCUT2D eigenvalue weighted by atomic mass is 10.2. The first-order chi connectivity index (χ1) is 9.70. The Hall–Kier alpha value is -2.39.